The number of aliphatic carboxylic acids is 1. The van der Waals surface area contributed by atoms with Gasteiger partial charge in [0.25, 0.3) is 5.91 Å². The molecule has 0 unspecified atom stereocenters. The quantitative estimate of drug-likeness (QED) is 0.918. The SMILES string of the molecule is CN1C(=O)CCc2cc(C(=O)N(C)C(C)(C)C(=O)O)ccc21. The third kappa shape index (κ3) is 2.56. The lowest BCUT2D eigenvalue weighted by molar-refractivity contribution is -0.147. The highest BCUT2D eigenvalue weighted by molar-refractivity contribution is 6.00. The molecule has 1 heterocycles. The summed E-state index contributed by atoms with van der Waals surface area (Å²) in [6, 6.07) is 5.11. The molecule has 0 fully saturated rings. The van der Waals surface area contributed by atoms with Crippen LogP contribution in [0.25, 0.3) is 0 Å². The van der Waals surface area contributed by atoms with Gasteiger partial charge in [-0.3, -0.25) is 9.59 Å². The summed E-state index contributed by atoms with van der Waals surface area (Å²) in [5.41, 5.74) is 0.862. The monoisotopic (exact) mass is 304 g/mol. The molecule has 6 heteroatoms. The van der Waals surface area contributed by atoms with Crippen LogP contribution in [0.2, 0.25) is 0 Å². The van der Waals surface area contributed by atoms with E-state index in [9.17, 15) is 19.5 Å². The molecule has 2 rings (SSSR count). The second kappa shape index (κ2) is 5.44. The molecule has 118 valence electrons. The van der Waals surface area contributed by atoms with Crippen molar-refractivity contribution < 1.29 is 19.5 Å². The van der Waals surface area contributed by atoms with Gasteiger partial charge in [-0.2, -0.15) is 0 Å². The van der Waals surface area contributed by atoms with Crippen molar-refractivity contribution in [2.45, 2.75) is 32.2 Å². The topological polar surface area (TPSA) is 77.9 Å². The maximum Gasteiger partial charge on any atom is 0.329 e. The van der Waals surface area contributed by atoms with Gasteiger partial charge >= 0.3 is 5.97 Å². The lowest BCUT2D eigenvalue weighted by Gasteiger charge is -2.32. The number of carboxylic acid groups (broad SMARTS) is 1. The predicted octanol–water partition coefficient (Wildman–Crippen LogP) is 1.53. The van der Waals surface area contributed by atoms with Crippen molar-refractivity contribution in [3.05, 3.63) is 29.3 Å². The fourth-order valence-corrected chi connectivity index (χ4v) is 2.38. The summed E-state index contributed by atoms with van der Waals surface area (Å²) in [6.45, 7) is 2.97. The minimum absolute atomic E-state index is 0.0516. The van der Waals surface area contributed by atoms with Gasteiger partial charge in [0.1, 0.15) is 5.54 Å². The molecular weight excluding hydrogens is 284 g/mol. The molecule has 0 aromatic heterocycles. The molecule has 0 spiro atoms. The van der Waals surface area contributed by atoms with Crippen molar-refractivity contribution in [3.63, 3.8) is 0 Å². The number of hydrogen-bond acceptors (Lipinski definition) is 3. The van der Waals surface area contributed by atoms with Crippen molar-refractivity contribution in [3.8, 4) is 0 Å². The van der Waals surface area contributed by atoms with E-state index in [1.807, 2.05) is 0 Å². The van der Waals surface area contributed by atoms with Crippen LogP contribution in [0, 0.1) is 0 Å². The van der Waals surface area contributed by atoms with E-state index in [4.69, 9.17) is 0 Å². The van der Waals surface area contributed by atoms with Crippen LogP contribution in [0.3, 0.4) is 0 Å². The van der Waals surface area contributed by atoms with E-state index < -0.39 is 11.5 Å². The lowest BCUT2D eigenvalue weighted by atomic mass is 9.97. The molecule has 1 aliphatic heterocycles. The smallest absolute Gasteiger partial charge is 0.329 e. The van der Waals surface area contributed by atoms with Gasteiger partial charge in [0.05, 0.1) is 0 Å². The first-order chi connectivity index (χ1) is 10.2. The van der Waals surface area contributed by atoms with Crippen LogP contribution in [0.1, 0.15) is 36.2 Å². The van der Waals surface area contributed by atoms with Crippen LogP contribution in [-0.4, -0.2) is 47.4 Å². The molecule has 22 heavy (non-hydrogen) atoms. The minimum atomic E-state index is -1.29. The molecule has 1 aromatic carbocycles. The third-order valence-corrected chi connectivity index (χ3v) is 4.34. The van der Waals surface area contributed by atoms with Crippen molar-refractivity contribution >= 4 is 23.5 Å². The van der Waals surface area contributed by atoms with E-state index in [1.165, 1.54) is 25.8 Å². The zero-order valence-electron chi connectivity index (χ0n) is 13.2. The minimum Gasteiger partial charge on any atom is -0.480 e. The zero-order chi connectivity index (χ0) is 16.7. The number of nitrogens with zero attached hydrogens (tertiary/aromatic N) is 2. The number of hydrogen-bond donors (Lipinski definition) is 1. The molecule has 0 aliphatic carbocycles. The summed E-state index contributed by atoms with van der Waals surface area (Å²) in [5.74, 6) is -1.36. The first-order valence-electron chi connectivity index (χ1n) is 7.07. The highest BCUT2D eigenvalue weighted by Crippen LogP contribution is 2.28. The second-order valence-corrected chi connectivity index (χ2v) is 6.02. The summed E-state index contributed by atoms with van der Waals surface area (Å²) < 4.78 is 0. The number of amides is 2. The molecule has 0 bridgehead atoms. The Hall–Kier alpha value is -2.37. The average Bonchev–Trinajstić information content (AvgIpc) is 2.49. The summed E-state index contributed by atoms with van der Waals surface area (Å²) in [5, 5.41) is 9.23. The largest absolute Gasteiger partial charge is 0.480 e. The van der Waals surface area contributed by atoms with Crippen LogP contribution in [0.5, 0.6) is 0 Å². The predicted molar refractivity (Wildman–Crippen MR) is 82.0 cm³/mol. The number of benzene rings is 1. The summed E-state index contributed by atoms with van der Waals surface area (Å²) in [7, 11) is 3.19. The summed E-state index contributed by atoms with van der Waals surface area (Å²) in [4.78, 5) is 38.3. The molecule has 2 amide bonds. The molecule has 1 aromatic rings. The van der Waals surface area contributed by atoms with Gasteiger partial charge < -0.3 is 14.9 Å². The Morgan fingerprint density at radius 3 is 2.50 bits per heavy atom. The van der Waals surface area contributed by atoms with E-state index in [-0.39, 0.29) is 11.8 Å². The highest BCUT2D eigenvalue weighted by Gasteiger charge is 2.36. The van der Waals surface area contributed by atoms with Crippen LogP contribution < -0.4 is 4.90 Å². The molecule has 0 saturated heterocycles. The maximum absolute atomic E-state index is 12.5. The van der Waals surface area contributed by atoms with Crippen LogP contribution in [-0.2, 0) is 16.0 Å². The second-order valence-electron chi connectivity index (χ2n) is 6.02. The number of fused-ring (bicyclic) bond motifs is 1. The van der Waals surface area contributed by atoms with Gasteiger partial charge in [0, 0.05) is 31.8 Å². The zero-order valence-corrected chi connectivity index (χ0v) is 13.2. The van der Waals surface area contributed by atoms with Gasteiger partial charge in [0.2, 0.25) is 5.91 Å². The average molecular weight is 304 g/mol. The number of likely N-dealkylation sites (N-methyl/N-ethyl adjacent to an activating group) is 1. The highest BCUT2D eigenvalue weighted by atomic mass is 16.4. The number of carbonyl (C=O) groups excluding carboxylic acids is 2. The molecule has 0 radical (unpaired) electrons. The first kappa shape index (κ1) is 16.0. The summed E-state index contributed by atoms with van der Waals surface area (Å²) >= 11 is 0. The van der Waals surface area contributed by atoms with Crippen molar-refractivity contribution in [1.29, 1.82) is 0 Å². The van der Waals surface area contributed by atoms with Crippen molar-refractivity contribution in [1.82, 2.24) is 4.90 Å². The summed E-state index contributed by atoms with van der Waals surface area (Å²) in [6.07, 6.45) is 1.00. The Balaban J connectivity index is 2.33. The fourth-order valence-electron chi connectivity index (χ4n) is 2.38. The molecular formula is C16H20N2O4. The molecule has 6 nitrogen and oxygen atoms in total. The maximum atomic E-state index is 12.5. The number of carboxylic acids is 1. The van der Waals surface area contributed by atoms with E-state index in [1.54, 1.807) is 30.1 Å². The first-order valence-corrected chi connectivity index (χ1v) is 7.07. The molecule has 0 saturated carbocycles. The standard InChI is InChI=1S/C16H20N2O4/c1-16(2,15(21)22)18(4)14(20)11-5-7-12-10(9-11)6-8-13(19)17(12)3/h5,7,9H,6,8H2,1-4H3,(H,21,22). The lowest BCUT2D eigenvalue weighted by Crippen LogP contribution is -2.50. The van der Waals surface area contributed by atoms with Gasteiger partial charge in [-0.25, -0.2) is 4.79 Å². The van der Waals surface area contributed by atoms with Crippen molar-refractivity contribution in [2.24, 2.45) is 0 Å². The Labute approximate surface area is 129 Å². The third-order valence-electron chi connectivity index (χ3n) is 4.34. The number of anilines is 1. The van der Waals surface area contributed by atoms with Crippen LogP contribution in [0.15, 0.2) is 18.2 Å². The normalized spacial score (nSPS) is 14.5. The van der Waals surface area contributed by atoms with Gasteiger partial charge in [-0.05, 0) is 44.0 Å². The van der Waals surface area contributed by atoms with E-state index >= 15 is 0 Å². The Morgan fingerprint density at radius 1 is 1.27 bits per heavy atom. The number of rotatable bonds is 3. The Kier molecular flexibility index (Phi) is 3.96. The van der Waals surface area contributed by atoms with Gasteiger partial charge in [-0.15, -0.1) is 0 Å². The van der Waals surface area contributed by atoms with E-state index in [2.05, 4.69) is 0 Å². The van der Waals surface area contributed by atoms with Crippen LogP contribution in [0.4, 0.5) is 5.69 Å². The molecule has 0 atom stereocenters. The molecule has 1 N–H and O–H groups in total. The van der Waals surface area contributed by atoms with Gasteiger partial charge in [0.15, 0.2) is 0 Å². The van der Waals surface area contributed by atoms with Crippen molar-refractivity contribution in [2.75, 3.05) is 19.0 Å². The van der Waals surface area contributed by atoms with Gasteiger partial charge in [-0.1, -0.05) is 0 Å². The van der Waals surface area contributed by atoms with Crippen LogP contribution >= 0.6 is 0 Å². The Bertz CT molecular complexity index is 652. The fraction of sp³-hybridized carbons (Fsp3) is 0.438. The molecule has 1 aliphatic rings. The van der Waals surface area contributed by atoms with E-state index in [0.29, 0.717) is 18.4 Å². The number of carbonyl (C=O) groups is 3. The number of aryl methyl sites for hydroxylation is 1. The Morgan fingerprint density at radius 2 is 1.91 bits per heavy atom. The van der Waals surface area contributed by atoms with E-state index in [0.717, 1.165) is 11.3 Å².